The van der Waals surface area contributed by atoms with Crippen molar-refractivity contribution in [1.82, 2.24) is 5.32 Å². The van der Waals surface area contributed by atoms with Gasteiger partial charge in [-0.05, 0) is 45.1 Å². The van der Waals surface area contributed by atoms with Crippen LogP contribution in [0.5, 0.6) is 0 Å². The van der Waals surface area contributed by atoms with Gasteiger partial charge in [-0.3, -0.25) is 0 Å². The molecular formula is C13H25NO2. The van der Waals surface area contributed by atoms with E-state index in [1.165, 1.54) is 32.1 Å². The van der Waals surface area contributed by atoms with Gasteiger partial charge in [0.1, 0.15) is 0 Å². The first-order valence-electron chi connectivity index (χ1n) is 6.65. The van der Waals surface area contributed by atoms with E-state index in [1.807, 2.05) is 0 Å². The molecule has 1 unspecified atom stereocenters. The summed E-state index contributed by atoms with van der Waals surface area (Å²) >= 11 is 0. The molecule has 0 aromatic carbocycles. The van der Waals surface area contributed by atoms with Crippen LogP contribution < -0.4 is 5.32 Å². The van der Waals surface area contributed by atoms with Crippen molar-refractivity contribution < 1.29 is 9.47 Å². The number of nitrogens with one attached hydrogen (secondary N) is 1. The normalized spacial score (nSPS) is 32.8. The van der Waals surface area contributed by atoms with Crippen molar-refractivity contribution in [2.45, 2.75) is 32.1 Å². The monoisotopic (exact) mass is 227 g/mol. The van der Waals surface area contributed by atoms with Gasteiger partial charge in [-0.1, -0.05) is 0 Å². The quantitative estimate of drug-likeness (QED) is 0.794. The third-order valence-corrected chi connectivity index (χ3v) is 4.02. The molecule has 3 nitrogen and oxygen atoms in total. The van der Waals surface area contributed by atoms with Gasteiger partial charge in [0.2, 0.25) is 0 Å². The molecule has 1 N–H and O–H groups in total. The summed E-state index contributed by atoms with van der Waals surface area (Å²) in [4.78, 5) is 0. The van der Waals surface area contributed by atoms with E-state index in [0.717, 1.165) is 38.9 Å². The summed E-state index contributed by atoms with van der Waals surface area (Å²) in [5, 5.41) is 3.36. The summed E-state index contributed by atoms with van der Waals surface area (Å²) in [5.74, 6) is 0.851. The molecule has 2 saturated heterocycles. The largest absolute Gasteiger partial charge is 0.381 e. The summed E-state index contributed by atoms with van der Waals surface area (Å²) < 4.78 is 11.1. The second-order valence-electron chi connectivity index (χ2n) is 5.45. The molecule has 2 rings (SSSR count). The first-order chi connectivity index (χ1) is 7.85. The van der Waals surface area contributed by atoms with Gasteiger partial charge in [0.25, 0.3) is 0 Å². The lowest BCUT2D eigenvalue weighted by Crippen LogP contribution is -2.42. The Morgan fingerprint density at radius 2 is 2.00 bits per heavy atom. The summed E-state index contributed by atoms with van der Waals surface area (Å²) in [6.45, 7) is 4.93. The Balaban J connectivity index is 1.89. The van der Waals surface area contributed by atoms with Crippen molar-refractivity contribution in [3.8, 4) is 0 Å². The zero-order chi connectivity index (χ0) is 11.3. The Kier molecular flexibility index (Phi) is 4.62. The molecule has 0 aliphatic carbocycles. The predicted octanol–water partition coefficient (Wildman–Crippen LogP) is 1.82. The van der Waals surface area contributed by atoms with Gasteiger partial charge in [-0.2, -0.15) is 0 Å². The van der Waals surface area contributed by atoms with Gasteiger partial charge in [0.15, 0.2) is 0 Å². The minimum atomic E-state index is 0.398. The van der Waals surface area contributed by atoms with Crippen LogP contribution >= 0.6 is 0 Å². The fourth-order valence-corrected chi connectivity index (χ4v) is 3.22. The zero-order valence-electron chi connectivity index (χ0n) is 10.5. The van der Waals surface area contributed by atoms with Gasteiger partial charge in [0, 0.05) is 31.8 Å². The highest BCUT2D eigenvalue weighted by Crippen LogP contribution is 2.37. The smallest absolute Gasteiger partial charge is 0.0534 e. The van der Waals surface area contributed by atoms with Crippen LogP contribution in [0.2, 0.25) is 0 Å². The number of hydrogen-bond acceptors (Lipinski definition) is 3. The highest BCUT2D eigenvalue weighted by molar-refractivity contribution is 4.86. The number of rotatable bonds is 4. The molecule has 2 aliphatic heterocycles. The van der Waals surface area contributed by atoms with E-state index in [2.05, 4.69) is 12.4 Å². The average Bonchev–Trinajstić information content (AvgIpc) is 2.31. The van der Waals surface area contributed by atoms with Crippen LogP contribution in [-0.4, -0.2) is 40.0 Å². The maximum absolute atomic E-state index is 5.71. The standard InChI is InChI=1S/C13H25NO2/c1-14-10-13(5-2-6-16-11-13)9-12-3-7-15-8-4-12/h12,14H,2-11H2,1H3. The van der Waals surface area contributed by atoms with Crippen molar-refractivity contribution in [2.75, 3.05) is 40.0 Å². The second kappa shape index (κ2) is 5.99. The average molecular weight is 227 g/mol. The molecule has 94 valence electrons. The molecule has 2 aliphatic rings. The van der Waals surface area contributed by atoms with Crippen LogP contribution in [0.15, 0.2) is 0 Å². The molecule has 2 fully saturated rings. The molecular weight excluding hydrogens is 202 g/mol. The second-order valence-corrected chi connectivity index (χ2v) is 5.45. The third-order valence-electron chi connectivity index (χ3n) is 4.02. The first kappa shape index (κ1) is 12.3. The predicted molar refractivity (Wildman–Crippen MR) is 64.6 cm³/mol. The van der Waals surface area contributed by atoms with Crippen LogP contribution in [0, 0.1) is 11.3 Å². The molecule has 16 heavy (non-hydrogen) atoms. The number of hydrogen-bond donors (Lipinski definition) is 1. The Hall–Kier alpha value is -0.120. The maximum atomic E-state index is 5.71. The Bertz CT molecular complexity index is 191. The fourth-order valence-electron chi connectivity index (χ4n) is 3.22. The minimum absolute atomic E-state index is 0.398. The number of ether oxygens (including phenoxy) is 2. The van der Waals surface area contributed by atoms with Crippen LogP contribution in [0.3, 0.4) is 0 Å². The van der Waals surface area contributed by atoms with Crippen LogP contribution in [-0.2, 0) is 9.47 Å². The Morgan fingerprint density at radius 3 is 2.62 bits per heavy atom. The molecule has 0 radical (unpaired) electrons. The van der Waals surface area contributed by atoms with Gasteiger partial charge < -0.3 is 14.8 Å². The van der Waals surface area contributed by atoms with Crippen LogP contribution in [0.1, 0.15) is 32.1 Å². The van der Waals surface area contributed by atoms with E-state index in [1.54, 1.807) is 0 Å². The van der Waals surface area contributed by atoms with Crippen molar-refractivity contribution in [3.05, 3.63) is 0 Å². The van der Waals surface area contributed by atoms with E-state index >= 15 is 0 Å². The molecule has 0 spiro atoms. The lowest BCUT2D eigenvalue weighted by atomic mass is 9.73. The fraction of sp³-hybridized carbons (Fsp3) is 1.00. The summed E-state index contributed by atoms with van der Waals surface area (Å²) in [6.07, 6.45) is 6.35. The van der Waals surface area contributed by atoms with Gasteiger partial charge >= 0.3 is 0 Å². The molecule has 0 bridgehead atoms. The highest BCUT2D eigenvalue weighted by Gasteiger charge is 2.35. The first-order valence-corrected chi connectivity index (χ1v) is 6.65. The van der Waals surface area contributed by atoms with E-state index in [9.17, 15) is 0 Å². The minimum Gasteiger partial charge on any atom is -0.381 e. The molecule has 0 aromatic heterocycles. The van der Waals surface area contributed by atoms with Crippen molar-refractivity contribution in [1.29, 1.82) is 0 Å². The zero-order valence-corrected chi connectivity index (χ0v) is 10.5. The Morgan fingerprint density at radius 1 is 1.19 bits per heavy atom. The van der Waals surface area contributed by atoms with E-state index < -0.39 is 0 Å². The van der Waals surface area contributed by atoms with Crippen molar-refractivity contribution in [2.24, 2.45) is 11.3 Å². The molecule has 3 heteroatoms. The van der Waals surface area contributed by atoms with Crippen molar-refractivity contribution in [3.63, 3.8) is 0 Å². The molecule has 0 aromatic rings. The SMILES string of the molecule is CNCC1(CC2CCOCC2)CCCOC1. The van der Waals surface area contributed by atoms with E-state index in [4.69, 9.17) is 9.47 Å². The van der Waals surface area contributed by atoms with E-state index in [0.29, 0.717) is 5.41 Å². The highest BCUT2D eigenvalue weighted by atomic mass is 16.5. The molecule has 1 atom stereocenters. The summed E-state index contributed by atoms with van der Waals surface area (Å²) in [7, 11) is 2.06. The molecule has 0 saturated carbocycles. The van der Waals surface area contributed by atoms with Crippen LogP contribution in [0.4, 0.5) is 0 Å². The molecule has 2 heterocycles. The topological polar surface area (TPSA) is 30.5 Å². The van der Waals surface area contributed by atoms with Crippen LogP contribution in [0.25, 0.3) is 0 Å². The lowest BCUT2D eigenvalue weighted by molar-refractivity contribution is -0.0324. The molecule has 0 amide bonds. The van der Waals surface area contributed by atoms with Gasteiger partial charge in [0.05, 0.1) is 6.61 Å². The lowest BCUT2D eigenvalue weighted by Gasteiger charge is -2.40. The van der Waals surface area contributed by atoms with Gasteiger partial charge in [-0.25, -0.2) is 0 Å². The van der Waals surface area contributed by atoms with Crippen molar-refractivity contribution >= 4 is 0 Å². The third kappa shape index (κ3) is 3.19. The Labute approximate surface area is 98.9 Å². The van der Waals surface area contributed by atoms with Gasteiger partial charge in [-0.15, -0.1) is 0 Å². The summed E-state index contributed by atoms with van der Waals surface area (Å²) in [6, 6.07) is 0. The maximum Gasteiger partial charge on any atom is 0.0534 e. The van der Waals surface area contributed by atoms with E-state index in [-0.39, 0.29) is 0 Å². The summed E-state index contributed by atoms with van der Waals surface area (Å²) in [5.41, 5.74) is 0.398.